The average molecular weight is 157 g/mol. The molecule has 0 radical (unpaired) electrons. The van der Waals surface area contributed by atoms with Crippen molar-refractivity contribution in [2.75, 3.05) is 6.54 Å². The van der Waals surface area contributed by atoms with Crippen LogP contribution in [0.2, 0.25) is 0 Å². The molecule has 11 heavy (non-hydrogen) atoms. The Morgan fingerprint density at radius 2 is 2.36 bits per heavy atom. The van der Waals surface area contributed by atoms with Gasteiger partial charge in [-0.3, -0.25) is 9.69 Å². The molecule has 0 aromatic heterocycles. The van der Waals surface area contributed by atoms with Gasteiger partial charge in [0, 0.05) is 0 Å². The first-order valence-electron chi connectivity index (χ1n) is 3.00. The Hall–Kier alpha value is -1.36. The molecule has 1 aliphatic heterocycles. The van der Waals surface area contributed by atoms with Crippen LogP contribution in [0, 0.1) is 0 Å². The van der Waals surface area contributed by atoms with Crippen molar-refractivity contribution in [2.24, 2.45) is 0 Å². The van der Waals surface area contributed by atoms with Crippen LogP contribution in [0.4, 0.5) is 4.79 Å². The van der Waals surface area contributed by atoms with Crippen LogP contribution in [0.25, 0.3) is 0 Å². The summed E-state index contributed by atoms with van der Waals surface area (Å²) in [6.45, 7) is -0.271. The standard InChI is InChI=1S/C6H7NO4/c8-4-1-2-5(9)7(3-4)6(10)11/h1-2,5,9H,3H2,(H,10,11). The number of rotatable bonds is 0. The lowest BCUT2D eigenvalue weighted by molar-refractivity contribution is -0.118. The van der Waals surface area contributed by atoms with Crippen molar-refractivity contribution in [3.63, 3.8) is 0 Å². The second-order valence-corrected chi connectivity index (χ2v) is 2.15. The predicted octanol–water partition coefficient (Wildman–Crippen LogP) is -0.576. The molecule has 0 saturated carbocycles. The van der Waals surface area contributed by atoms with E-state index in [2.05, 4.69) is 0 Å². The molecule has 5 heteroatoms. The molecule has 2 N–H and O–H groups in total. The molecule has 0 fully saturated rings. The lowest BCUT2D eigenvalue weighted by Crippen LogP contribution is -2.43. The van der Waals surface area contributed by atoms with Gasteiger partial charge in [0.1, 0.15) is 0 Å². The maximum atomic E-state index is 10.6. The number of ketones is 1. The van der Waals surface area contributed by atoms with Gasteiger partial charge in [0.25, 0.3) is 0 Å². The van der Waals surface area contributed by atoms with Gasteiger partial charge in [-0.05, 0) is 12.2 Å². The van der Waals surface area contributed by atoms with E-state index in [1.165, 1.54) is 6.08 Å². The maximum Gasteiger partial charge on any atom is 0.410 e. The number of amides is 1. The molecular formula is C6H7NO4. The van der Waals surface area contributed by atoms with E-state index in [1.54, 1.807) is 0 Å². The van der Waals surface area contributed by atoms with Crippen LogP contribution in [-0.4, -0.2) is 39.8 Å². The van der Waals surface area contributed by atoms with Crippen molar-refractivity contribution in [1.82, 2.24) is 4.90 Å². The third kappa shape index (κ3) is 1.56. The minimum Gasteiger partial charge on any atom is -0.465 e. The molecule has 60 valence electrons. The molecule has 0 saturated heterocycles. The summed E-state index contributed by atoms with van der Waals surface area (Å²) in [5.74, 6) is -0.322. The number of aliphatic hydroxyl groups excluding tert-OH is 1. The summed E-state index contributed by atoms with van der Waals surface area (Å²) in [5.41, 5.74) is 0. The van der Waals surface area contributed by atoms with Crippen LogP contribution in [-0.2, 0) is 4.79 Å². The van der Waals surface area contributed by atoms with E-state index < -0.39 is 12.3 Å². The number of carboxylic acid groups (broad SMARTS) is 1. The molecular weight excluding hydrogens is 150 g/mol. The van der Waals surface area contributed by atoms with E-state index in [1.807, 2.05) is 0 Å². The Morgan fingerprint density at radius 3 is 2.82 bits per heavy atom. The molecule has 1 atom stereocenters. The summed E-state index contributed by atoms with van der Waals surface area (Å²) in [6.07, 6.45) is -0.176. The number of nitrogens with zero attached hydrogens (tertiary/aromatic N) is 1. The lowest BCUT2D eigenvalue weighted by Gasteiger charge is -2.24. The van der Waals surface area contributed by atoms with E-state index in [0.29, 0.717) is 4.90 Å². The van der Waals surface area contributed by atoms with Crippen LogP contribution in [0.1, 0.15) is 0 Å². The van der Waals surface area contributed by atoms with Crippen LogP contribution in [0.5, 0.6) is 0 Å². The second-order valence-electron chi connectivity index (χ2n) is 2.15. The van der Waals surface area contributed by atoms with Crippen LogP contribution in [0.3, 0.4) is 0 Å². The van der Waals surface area contributed by atoms with E-state index in [4.69, 9.17) is 10.2 Å². The monoisotopic (exact) mass is 157 g/mol. The fourth-order valence-electron chi connectivity index (χ4n) is 0.792. The van der Waals surface area contributed by atoms with Gasteiger partial charge in [0.2, 0.25) is 0 Å². The molecule has 1 rings (SSSR count). The summed E-state index contributed by atoms with van der Waals surface area (Å²) >= 11 is 0. The van der Waals surface area contributed by atoms with Gasteiger partial charge in [-0.25, -0.2) is 4.79 Å². The van der Waals surface area contributed by atoms with E-state index in [9.17, 15) is 9.59 Å². The van der Waals surface area contributed by atoms with Gasteiger partial charge in [-0.2, -0.15) is 0 Å². The van der Waals surface area contributed by atoms with Crippen molar-refractivity contribution < 1.29 is 19.8 Å². The van der Waals surface area contributed by atoms with Crippen LogP contribution in [0.15, 0.2) is 12.2 Å². The van der Waals surface area contributed by atoms with Crippen LogP contribution >= 0.6 is 0 Å². The minimum atomic E-state index is -1.30. The molecule has 1 amide bonds. The van der Waals surface area contributed by atoms with Gasteiger partial charge < -0.3 is 10.2 Å². The first-order valence-corrected chi connectivity index (χ1v) is 3.00. The van der Waals surface area contributed by atoms with E-state index in [0.717, 1.165) is 6.08 Å². The normalized spacial score (nSPS) is 23.9. The number of hydrogen-bond donors (Lipinski definition) is 2. The highest BCUT2D eigenvalue weighted by molar-refractivity contribution is 5.94. The number of carbonyl (C=O) groups is 2. The average Bonchev–Trinajstić information content (AvgIpc) is 1.94. The quantitative estimate of drug-likeness (QED) is 0.493. The summed E-state index contributed by atoms with van der Waals surface area (Å²) in [4.78, 5) is 21.6. The van der Waals surface area contributed by atoms with E-state index in [-0.39, 0.29) is 12.3 Å². The summed E-state index contributed by atoms with van der Waals surface area (Å²) < 4.78 is 0. The van der Waals surface area contributed by atoms with Crippen molar-refractivity contribution in [3.8, 4) is 0 Å². The highest BCUT2D eigenvalue weighted by Gasteiger charge is 2.24. The molecule has 0 aromatic carbocycles. The molecule has 1 heterocycles. The van der Waals surface area contributed by atoms with Gasteiger partial charge in [0.05, 0.1) is 6.54 Å². The maximum absolute atomic E-state index is 10.6. The third-order valence-corrected chi connectivity index (χ3v) is 1.35. The zero-order valence-electron chi connectivity index (χ0n) is 5.60. The SMILES string of the molecule is O=C1C=CC(O)N(C(=O)O)C1. The van der Waals surface area contributed by atoms with Gasteiger partial charge in [-0.1, -0.05) is 0 Å². The molecule has 1 unspecified atom stereocenters. The lowest BCUT2D eigenvalue weighted by atomic mass is 10.2. The highest BCUT2D eigenvalue weighted by atomic mass is 16.4. The van der Waals surface area contributed by atoms with Crippen molar-refractivity contribution in [1.29, 1.82) is 0 Å². The zero-order valence-corrected chi connectivity index (χ0v) is 5.60. The Kier molecular flexibility index (Phi) is 1.91. The second kappa shape index (κ2) is 2.71. The van der Waals surface area contributed by atoms with Gasteiger partial charge in [-0.15, -0.1) is 0 Å². The molecule has 5 nitrogen and oxygen atoms in total. The zero-order chi connectivity index (χ0) is 8.43. The Morgan fingerprint density at radius 1 is 1.73 bits per heavy atom. The summed E-state index contributed by atoms with van der Waals surface area (Å²) in [6, 6.07) is 0. The largest absolute Gasteiger partial charge is 0.465 e. The number of aliphatic hydroxyl groups is 1. The summed E-state index contributed by atoms with van der Waals surface area (Å²) in [5, 5.41) is 17.4. The summed E-state index contributed by atoms with van der Waals surface area (Å²) in [7, 11) is 0. The van der Waals surface area contributed by atoms with Crippen LogP contribution < -0.4 is 0 Å². The molecule has 0 bridgehead atoms. The first kappa shape index (κ1) is 7.74. The topological polar surface area (TPSA) is 77.8 Å². The molecule has 0 spiro atoms. The molecule has 1 aliphatic rings. The smallest absolute Gasteiger partial charge is 0.410 e. The number of carbonyl (C=O) groups excluding carboxylic acids is 1. The minimum absolute atomic E-state index is 0.271. The predicted molar refractivity (Wildman–Crippen MR) is 34.9 cm³/mol. The molecule has 0 aromatic rings. The molecule has 0 aliphatic carbocycles. The Labute approximate surface area is 62.5 Å². The fraction of sp³-hybridized carbons (Fsp3) is 0.333. The first-order chi connectivity index (χ1) is 5.11. The van der Waals surface area contributed by atoms with Gasteiger partial charge in [0.15, 0.2) is 12.0 Å². The number of hydrogen-bond acceptors (Lipinski definition) is 3. The van der Waals surface area contributed by atoms with Crippen molar-refractivity contribution in [3.05, 3.63) is 12.2 Å². The van der Waals surface area contributed by atoms with E-state index >= 15 is 0 Å². The highest BCUT2D eigenvalue weighted by Crippen LogP contribution is 2.04. The van der Waals surface area contributed by atoms with Crippen molar-refractivity contribution in [2.45, 2.75) is 6.23 Å². The van der Waals surface area contributed by atoms with Crippen molar-refractivity contribution >= 4 is 11.9 Å². The Bertz CT molecular complexity index is 223. The fourth-order valence-corrected chi connectivity index (χ4v) is 0.792. The third-order valence-electron chi connectivity index (χ3n) is 1.35. The van der Waals surface area contributed by atoms with Gasteiger partial charge >= 0.3 is 6.09 Å². The Balaban J connectivity index is 2.75.